The molecule has 0 aromatic rings. The predicted molar refractivity (Wildman–Crippen MR) is 69.6 cm³/mol. The molecular formula is C16H24O2. The Morgan fingerprint density at radius 2 is 1.61 bits per heavy atom. The lowest BCUT2D eigenvalue weighted by Gasteiger charge is -2.41. The van der Waals surface area contributed by atoms with Crippen LogP contribution in [0.15, 0.2) is 12.8 Å². The van der Waals surface area contributed by atoms with Gasteiger partial charge in [-0.2, -0.15) is 0 Å². The van der Waals surface area contributed by atoms with E-state index >= 15 is 0 Å². The SMILES string of the molecule is C=COCC1CC2CC1C1C3CC(CO)C(C3)C21. The van der Waals surface area contributed by atoms with Crippen molar-refractivity contribution >= 4 is 0 Å². The van der Waals surface area contributed by atoms with E-state index in [0.717, 1.165) is 48.0 Å². The number of rotatable bonds is 4. The minimum absolute atomic E-state index is 0.435. The molecule has 0 heterocycles. The summed E-state index contributed by atoms with van der Waals surface area (Å²) in [4.78, 5) is 0. The maximum Gasteiger partial charge on any atom is 0.0903 e. The third kappa shape index (κ3) is 1.33. The molecule has 0 aliphatic heterocycles. The fourth-order valence-corrected chi connectivity index (χ4v) is 6.47. The zero-order chi connectivity index (χ0) is 12.3. The number of hydrogen-bond acceptors (Lipinski definition) is 2. The molecule has 18 heavy (non-hydrogen) atoms. The second-order valence-electron chi connectivity index (χ2n) is 7.15. The molecule has 0 aromatic heterocycles. The van der Waals surface area contributed by atoms with E-state index in [-0.39, 0.29) is 0 Å². The minimum Gasteiger partial charge on any atom is -0.502 e. The van der Waals surface area contributed by atoms with Crippen molar-refractivity contribution in [2.75, 3.05) is 13.2 Å². The van der Waals surface area contributed by atoms with Crippen LogP contribution in [-0.2, 0) is 4.74 Å². The Kier molecular flexibility index (Phi) is 2.52. The molecule has 0 amide bonds. The molecule has 8 unspecified atom stereocenters. The average Bonchev–Trinajstić information content (AvgIpc) is 3.11. The number of ether oxygens (including phenoxy) is 1. The van der Waals surface area contributed by atoms with Crippen molar-refractivity contribution in [1.29, 1.82) is 0 Å². The van der Waals surface area contributed by atoms with Crippen LogP contribution in [0.4, 0.5) is 0 Å². The van der Waals surface area contributed by atoms with Gasteiger partial charge in [-0.05, 0) is 73.0 Å². The monoisotopic (exact) mass is 248 g/mol. The Labute approximate surface area is 109 Å². The molecule has 100 valence electrons. The summed E-state index contributed by atoms with van der Waals surface area (Å²) >= 11 is 0. The molecule has 0 spiro atoms. The Hall–Kier alpha value is -0.500. The average molecular weight is 248 g/mol. The van der Waals surface area contributed by atoms with Gasteiger partial charge in [-0.1, -0.05) is 6.58 Å². The Balaban J connectivity index is 1.52. The van der Waals surface area contributed by atoms with Gasteiger partial charge in [0.2, 0.25) is 0 Å². The van der Waals surface area contributed by atoms with E-state index in [1.165, 1.54) is 25.7 Å². The van der Waals surface area contributed by atoms with Crippen molar-refractivity contribution in [2.45, 2.75) is 25.7 Å². The summed E-state index contributed by atoms with van der Waals surface area (Å²) in [6.07, 6.45) is 7.15. The molecule has 2 heteroatoms. The van der Waals surface area contributed by atoms with Gasteiger partial charge in [-0.15, -0.1) is 0 Å². The lowest BCUT2D eigenvalue weighted by molar-refractivity contribution is 0.0325. The van der Waals surface area contributed by atoms with Gasteiger partial charge in [-0.3, -0.25) is 0 Å². The predicted octanol–water partition coefficient (Wildman–Crippen LogP) is 2.68. The van der Waals surface area contributed by atoms with Crippen molar-refractivity contribution in [3.8, 4) is 0 Å². The molecule has 1 N–H and O–H groups in total. The van der Waals surface area contributed by atoms with Crippen LogP contribution in [0.3, 0.4) is 0 Å². The second-order valence-corrected chi connectivity index (χ2v) is 7.15. The van der Waals surface area contributed by atoms with Gasteiger partial charge >= 0.3 is 0 Å². The van der Waals surface area contributed by atoms with E-state index < -0.39 is 0 Å². The Bertz CT molecular complexity index is 353. The van der Waals surface area contributed by atoms with Crippen LogP contribution in [0.1, 0.15) is 25.7 Å². The first kappa shape index (κ1) is 11.3. The third-order valence-corrected chi connectivity index (χ3v) is 6.76. The van der Waals surface area contributed by atoms with Crippen LogP contribution >= 0.6 is 0 Å². The van der Waals surface area contributed by atoms with E-state index in [4.69, 9.17) is 4.74 Å². The third-order valence-electron chi connectivity index (χ3n) is 6.76. The van der Waals surface area contributed by atoms with Crippen LogP contribution in [-0.4, -0.2) is 18.3 Å². The standard InChI is InChI=1S/C16H24O2/c1-2-18-8-12-4-10-6-14(12)16-9-3-11(7-17)13(5-9)15(10)16/h2,9-17H,1,3-8H2. The van der Waals surface area contributed by atoms with Gasteiger partial charge < -0.3 is 9.84 Å². The van der Waals surface area contributed by atoms with Crippen LogP contribution < -0.4 is 0 Å². The number of aliphatic hydroxyl groups is 1. The minimum atomic E-state index is 0.435. The van der Waals surface area contributed by atoms with Gasteiger partial charge in [0.1, 0.15) is 0 Å². The zero-order valence-electron chi connectivity index (χ0n) is 11.0. The molecule has 4 saturated carbocycles. The van der Waals surface area contributed by atoms with E-state index in [0.29, 0.717) is 12.5 Å². The molecule has 4 fully saturated rings. The van der Waals surface area contributed by atoms with Crippen LogP contribution in [0.25, 0.3) is 0 Å². The first-order chi connectivity index (χ1) is 8.83. The molecule has 4 rings (SSSR count). The Morgan fingerprint density at radius 3 is 2.22 bits per heavy atom. The summed E-state index contributed by atoms with van der Waals surface area (Å²) in [5, 5.41) is 9.52. The molecule has 8 atom stereocenters. The second kappa shape index (κ2) is 4.00. The number of fused-ring (bicyclic) bond motifs is 9. The van der Waals surface area contributed by atoms with Crippen LogP contribution in [0.5, 0.6) is 0 Å². The largest absolute Gasteiger partial charge is 0.502 e. The smallest absolute Gasteiger partial charge is 0.0903 e. The lowest BCUT2D eigenvalue weighted by Crippen LogP contribution is -2.37. The highest BCUT2D eigenvalue weighted by Gasteiger charge is 2.64. The highest BCUT2D eigenvalue weighted by atomic mass is 16.5. The van der Waals surface area contributed by atoms with Gasteiger partial charge in [0.25, 0.3) is 0 Å². The summed E-state index contributed by atoms with van der Waals surface area (Å²) < 4.78 is 5.46. The van der Waals surface area contributed by atoms with Gasteiger partial charge in [0, 0.05) is 6.61 Å². The zero-order valence-corrected chi connectivity index (χ0v) is 11.0. The fourth-order valence-electron chi connectivity index (χ4n) is 6.47. The molecular weight excluding hydrogens is 224 g/mol. The number of hydrogen-bond donors (Lipinski definition) is 1. The molecule has 0 radical (unpaired) electrons. The fraction of sp³-hybridized carbons (Fsp3) is 0.875. The molecule has 0 saturated heterocycles. The highest BCUT2D eigenvalue weighted by Crippen LogP contribution is 2.69. The topological polar surface area (TPSA) is 29.5 Å². The summed E-state index contributed by atoms with van der Waals surface area (Å²) in [5.74, 6) is 7.04. The van der Waals surface area contributed by atoms with E-state index in [9.17, 15) is 5.11 Å². The molecule has 2 nitrogen and oxygen atoms in total. The van der Waals surface area contributed by atoms with Gasteiger partial charge in [-0.25, -0.2) is 0 Å². The molecule has 4 aliphatic rings. The van der Waals surface area contributed by atoms with Crippen LogP contribution in [0, 0.1) is 47.3 Å². The van der Waals surface area contributed by atoms with Gasteiger partial charge in [0.15, 0.2) is 0 Å². The maximum absolute atomic E-state index is 9.52. The van der Waals surface area contributed by atoms with Crippen molar-refractivity contribution in [1.82, 2.24) is 0 Å². The van der Waals surface area contributed by atoms with E-state index in [2.05, 4.69) is 6.58 Å². The van der Waals surface area contributed by atoms with E-state index in [1.807, 2.05) is 0 Å². The molecule has 4 aliphatic carbocycles. The first-order valence-electron chi connectivity index (χ1n) is 7.66. The normalized spacial score (nSPS) is 55.8. The first-order valence-corrected chi connectivity index (χ1v) is 7.66. The van der Waals surface area contributed by atoms with Crippen molar-refractivity contribution in [2.24, 2.45) is 47.3 Å². The highest BCUT2D eigenvalue weighted by molar-refractivity contribution is 5.12. The summed E-state index contributed by atoms with van der Waals surface area (Å²) in [5.41, 5.74) is 0. The van der Waals surface area contributed by atoms with Crippen molar-refractivity contribution in [3.63, 3.8) is 0 Å². The molecule has 4 bridgehead atoms. The summed E-state index contributed by atoms with van der Waals surface area (Å²) in [6, 6.07) is 0. The van der Waals surface area contributed by atoms with Crippen LogP contribution in [0.2, 0.25) is 0 Å². The summed E-state index contributed by atoms with van der Waals surface area (Å²) in [7, 11) is 0. The van der Waals surface area contributed by atoms with E-state index in [1.54, 1.807) is 6.26 Å². The van der Waals surface area contributed by atoms with Crippen molar-refractivity contribution in [3.05, 3.63) is 12.8 Å². The van der Waals surface area contributed by atoms with Gasteiger partial charge in [0.05, 0.1) is 12.9 Å². The maximum atomic E-state index is 9.52. The quantitative estimate of drug-likeness (QED) is 0.612. The van der Waals surface area contributed by atoms with Crippen molar-refractivity contribution < 1.29 is 9.84 Å². The lowest BCUT2D eigenvalue weighted by atomic mass is 9.65. The Morgan fingerprint density at radius 1 is 1.00 bits per heavy atom. The molecule has 0 aromatic carbocycles. The number of aliphatic hydroxyl groups excluding tert-OH is 1. The summed E-state index contributed by atoms with van der Waals surface area (Å²) in [6.45, 7) is 4.99.